The minimum Gasteiger partial charge on any atom is -0.354 e. The van der Waals surface area contributed by atoms with Crippen LogP contribution in [0.4, 0.5) is 5.82 Å². The van der Waals surface area contributed by atoms with Gasteiger partial charge in [-0.2, -0.15) is 0 Å². The van der Waals surface area contributed by atoms with E-state index in [-0.39, 0.29) is 0 Å². The van der Waals surface area contributed by atoms with Crippen LogP contribution >= 0.6 is 11.3 Å². The standard InChI is InChI=1S/C14H20N4S/c1-3-6-15-7-12-4-5-14(16-8-12)18(2)9-13-10-19-11-17-13/h4-5,8,10-11,15H,3,6-7,9H2,1-2H3. The second-order valence-corrected chi connectivity index (χ2v) is 5.26. The van der Waals surface area contributed by atoms with Crippen LogP contribution in [0.2, 0.25) is 0 Å². The molecule has 0 bridgehead atoms. The lowest BCUT2D eigenvalue weighted by molar-refractivity contribution is 0.673. The fraction of sp³-hybridized carbons (Fsp3) is 0.429. The summed E-state index contributed by atoms with van der Waals surface area (Å²) in [7, 11) is 2.04. The Labute approximate surface area is 118 Å². The van der Waals surface area contributed by atoms with Crippen molar-refractivity contribution in [2.45, 2.75) is 26.4 Å². The minimum atomic E-state index is 0.796. The summed E-state index contributed by atoms with van der Waals surface area (Å²) in [5.74, 6) is 0.979. The number of hydrogen-bond acceptors (Lipinski definition) is 5. The molecule has 5 heteroatoms. The molecule has 0 fully saturated rings. The molecule has 0 saturated carbocycles. The van der Waals surface area contributed by atoms with Gasteiger partial charge in [0.05, 0.1) is 17.7 Å². The second-order valence-electron chi connectivity index (χ2n) is 4.54. The quantitative estimate of drug-likeness (QED) is 0.789. The van der Waals surface area contributed by atoms with Crippen LogP contribution in [-0.4, -0.2) is 23.6 Å². The molecule has 0 spiro atoms. The van der Waals surface area contributed by atoms with Crippen molar-refractivity contribution in [1.82, 2.24) is 15.3 Å². The number of nitrogens with zero attached hydrogens (tertiary/aromatic N) is 3. The summed E-state index contributed by atoms with van der Waals surface area (Å²) in [6, 6.07) is 4.19. The summed E-state index contributed by atoms with van der Waals surface area (Å²) >= 11 is 1.62. The van der Waals surface area contributed by atoms with Crippen molar-refractivity contribution in [2.75, 3.05) is 18.5 Å². The zero-order valence-corrected chi connectivity index (χ0v) is 12.3. The van der Waals surface area contributed by atoms with E-state index >= 15 is 0 Å². The van der Waals surface area contributed by atoms with Crippen LogP contribution in [0.1, 0.15) is 24.6 Å². The first-order valence-corrected chi connectivity index (χ1v) is 7.47. The maximum atomic E-state index is 4.50. The molecule has 19 heavy (non-hydrogen) atoms. The third-order valence-corrected chi connectivity index (χ3v) is 3.47. The highest BCUT2D eigenvalue weighted by Gasteiger charge is 2.04. The summed E-state index contributed by atoms with van der Waals surface area (Å²) in [6.45, 7) is 4.90. The van der Waals surface area contributed by atoms with Gasteiger partial charge in [-0.15, -0.1) is 11.3 Å². The van der Waals surface area contributed by atoms with E-state index in [2.05, 4.69) is 44.6 Å². The third-order valence-electron chi connectivity index (χ3n) is 2.84. The highest BCUT2D eigenvalue weighted by atomic mass is 32.1. The number of aromatic nitrogens is 2. The molecule has 2 heterocycles. The molecule has 0 saturated heterocycles. The minimum absolute atomic E-state index is 0.796. The van der Waals surface area contributed by atoms with Crippen molar-refractivity contribution in [1.29, 1.82) is 0 Å². The molecule has 102 valence electrons. The van der Waals surface area contributed by atoms with E-state index in [9.17, 15) is 0 Å². The Morgan fingerprint density at radius 1 is 1.32 bits per heavy atom. The van der Waals surface area contributed by atoms with Crippen molar-refractivity contribution in [2.24, 2.45) is 0 Å². The first-order chi connectivity index (χ1) is 9.29. The highest BCUT2D eigenvalue weighted by molar-refractivity contribution is 7.07. The monoisotopic (exact) mass is 276 g/mol. The topological polar surface area (TPSA) is 41.0 Å². The lowest BCUT2D eigenvalue weighted by Crippen LogP contribution is -2.18. The molecule has 0 aliphatic heterocycles. The fourth-order valence-electron chi connectivity index (χ4n) is 1.80. The molecule has 2 aromatic rings. The Hall–Kier alpha value is -1.46. The van der Waals surface area contributed by atoms with Crippen molar-refractivity contribution in [3.8, 4) is 0 Å². The van der Waals surface area contributed by atoms with Crippen LogP contribution in [-0.2, 0) is 13.1 Å². The van der Waals surface area contributed by atoms with Crippen molar-refractivity contribution in [3.05, 3.63) is 40.5 Å². The van der Waals surface area contributed by atoms with Gasteiger partial charge in [0, 0.05) is 25.2 Å². The molecule has 0 atom stereocenters. The molecule has 0 aromatic carbocycles. The van der Waals surface area contributed by atoms with Crippen LogP contribution in [0.5, 0.6) is 0 Å². The van der Waals surface area contributed by atoms with Gasteiger partial charge in [-0.3, -0.25) is 0 Å². The van der Waals surface area contributed by atoms with Gasteiger partial charge in [0.25, 0.3) is 0 Å². The van der Waals surface area contributed by atoms with Gasteiger partial charge >= 0.3 is 0 Å². The molecule has 2 rings (SSSR count). The van der Waals surface area contributed by atoms with Crippen molar-refractivity contribution in [3.63, 3.8) is 0 Å². The summed E-state index contributed by atoms with van der Waals surface area (Å²) in [5.41, 5.74) is 4.17. The van der Waals surface area contributed by atoms with E-state index in [1.165, 1.54) is 5.56 Å². The van der Waals surface area contributed by atoms with Crippen LogP contribution in [0.3, 0.4) is 0 Å². The number of thiazole rings is 1. The van der Waals surface area contributed by atoms with E-state index in [0.717, 1.165) is 37.6 Å². The molecule has 0 radical (unpaired) electrons. The zero-order chi connectivity index (χ0) is 13.5. The lowest BCUT2D eigenvalue weighted by Gasteiger charge is -2.17. The molecular weight excluding hydrogens is 256 g/mol. The van der Waals surface area contributed by atoms with E-state index < -0.39 is 0 Å². The molecular formula is C14H20N4S. The van der Waals surface area contributed by atoms with Crippen molar-refractivity contribution < 1.29 is 0 Å². The van der Waals surface area contributed by atoms with Gasteiger partial charge in [-0.25, -0.2) is 9.97 Å². The smallest absolute Gasteiger partial charge is 0.128 e. The van der Waals surface area contributed by atoms with Crippen LogP contribution in [0.25, 0.3) is 0 Å². The number of pyridine rings is 1. The summed E-state index contributed by atoms with van der Waals surface area (Å²) < 4.78 is 0. The number of anilines is 1. The number of hydrogen-bond donors (Lipinski definition) is 1. The average Bonchev–Trinajstić information content (AvgIpc) is 2.93. The van der Waals surface area contributed by atoms with Gasteiger partial charge in [-0.05, 0) is 24.6 Å². The van der Waals surface area contributed by atoms with Crippen LogP contribution in [0, 0.1) is 0 Å². The summed E-state index contributed by atoms with van der Waals surface area (Å²) in [5, 5.41) is 5.44. The largest absolute Gasteiger partial charge is 0.354 e. The van der Waals surface area contributed by atoms with Gasteiger partial charge < -0.3 is 10.2 Å². The molecule has 1 N–H and O–H groups in total. The van der Waals surface area contributed by atoms with Crippen LogP contribution < -0.4 is 10.2 Å². The first-order valence-electron chi connectivity index (χ1n) is 6.53. The second kappa shape index (κ2) is 7.21. The van der Waals surface area contributed by atoms with Gasteiger partial charge in [0.2, 0.25) is 0 Å². The van der Waals surface area contributed by atoms with E-state index in [1.807, 2.05) is 18.8 Å². The fourth-order valence-corrected chi connectivity index (χ4v) is 2.35. The Kier molecular flexibility index (Phi) is 5.30. The van der Waals surface area contributed by atoms with Gasteiger partial charge in [0.1, 0.15) is 5.82 Å². The molecule has 4 nitrogen and oxygen atoms in total. The highest BCUT2D eigenvalue weighted by Crippen LogP contribution is 2.13. The lowest BCUT2D eigenvalue weighted by atomic mass is 10.2. The summed E-state index contributed by atoms with van der Waals surface area (Å²) in [4.78, 5) is 10.9. The van der Waals surface area contributed by atoms with Gasteiger partial charge in [-0.1, -0.05) is 13.0 Å². The van der Waals surface area contributed by atoms with E-state index in [4.69, 9.17) is 0 Å². The maximum absolute atomic E-state index is 4.50. The Bertz CT molecular complexity index is 467. The summed E-state index contributed by atoms with van der Waals surface area (Å²) in [6.07, 6.45) is 3.09. The predicted octanol–water partition coefficient (Wildman–Crippen LogP) is 2.67. The Morgan fingerprint density at radius 2 is 2.21 bits per heavy atom. The molecule has 0 unspecified atom stereocenters. The first kappa shape index (κ1) is 14.0. The molecule has 0 aliphatic rings. The van der Waals surface area contributed by atoms with E-state index in [1.54, 1.807) is 11.3 Å². The average molecular weight is 276 g/mol. The van der Waals surface area contributed by atoms with Crippen LogP contribution in [0.15, 0.2) is 29.2 Å². The number of rotatable bonds is 7. The third kappa shape index (κ3) is 4.29. The molecule has 0 amide bonds. The molecule has 2 aromatic heterocycles. The van der Waals surface area contributed by atoms with E-state index in [0.29, 0.717) is 0 Å². The molecule has 0 aliphatic carbocycles. The normalized spacial score (nSPS) is 10.6. The number of nitrogens with one attached hydrogen (secondary N) is 1. The Morgan fingerprint density at radius 3 is 2.84 bits per heavy atom. The van der Waals surface area contributed by atoms with Crippen molar-refractivity contribution >= 4 is 17.2 Å². The predicted molar refractivity (Wildman–Crippen MR) is 80.5 cm³/mol. The SMILES string of the molecule is CCCNCc1ccc(N(C)Cc2cscn2)nc1. The maximum Gasteiger partial charge on any atom is 0.128 e. The Balaban J connectivity index is 1.90. The zero-order valence-electron chi connectivity index (χ0n) is 11.5. The van der Waals surface area contributed by atoms with Gasteiger partial charge in [0.15, 0.2) is 0 Å².